The number of benzene rings is 1. The van der Waals surface area contributed by atoms with Gasteiger partial charge < -0.3 is 15.0 Å². The Bertz CT molecular complexity index is 565. The lowest BCUT2D eigenvalue weighted by atomic mass is 10.2. The van der Waals surface area contributed by atoms with Crippen LogP contribution < -0.4 is 10.1 Å². The van der Waals surface area contributed by atoms with Gasteiger partial charge in [-0.2, -0.15) is 5.26 Å². The molecule has 1 N–H and O–H groups in total. The molecule has 1 rings (SSSR count). The highest BCUT2D eigenvalue weighted by Crippen LogP contribution is 2.16. The van der Waals surface area contributed by atoms with Crippen LogP contribution in [0.15, 0.2) is 36.0 Å². The minimum atomic E-state index is -0.388. The first-order valence-corrected chi connectivity index (χ1v) is 8.46. The van der Waals surface area contributed by atoms with E-state index in [2.05, 4.69) is 24.1 Å². The molecule has 0 bridgehead atoms. The summed E-state index contributed by atoms with van der Waals surface area (Å²) in [5, 5.41) is 12.1. The van der Waals surface area contributed by atoms with Gasteiger partial charge in [-0.05, 0) is 37.1 Å². The van der Waals surface area contributed by atoms with Crippen LogP contribution in [0.5, 0.6) is 5.75 Å². The fourth-order valence-electron chi connectivity index (χ4n) is 2.16. The summed E-state index contributed by atoms with van der Waals surface area (Å²) in [6.07, 6.45) is 5.93. The molecule has 24 heavy (non-hydrogen) atoms. The summed E-state index contributed by atoms with van der Waals surface area (Å²) in [5.74, 6) is 0.329. The van der Waals surface area contributed by atoms with Gasteiger partial charge in [-0.1, -0.05) is 26.7 Å². The molecule has 0 heterocycles. The Labute approximate surface area is 144 Å². The van der Waals surface area contributed by atoms with Gasteiger partial charge in [0.05, 0.1) is 7.11 Å². The smallest absolute Gasteiger partial charge is 0.267 e. The Morgan fingerprint density at radius 2 is 1.79 bits per heavy atom. The first kappa shape index (κ1) is 19.6. The monoisotopic (exact) mass is 329 g/mol. The summed E-state index contributed by atoms with van der Waals surface area (Å²) in [6.45, 7) is 5.97. The van der Waals surface area contributed by atoms with Crippen LogP contribution in [0.2, 0.25) is 0 Å². The van der Waals surface area contributed by atoms with Gasteiger partial charge in [0.15, 0.2) is 0 Å². The van der Waals surface area contributed by atoms with E-state index in [1.165, 1.54) is 0 Å². The third-order valence-corrected chi connectivity index (χ3v) is 3.62. The molecule has 0 unspecified atom stereocenters. The highest BCUT2D eigenvalue weighted by Gasteiger charge is 2.11. The highest BCUT2D eigenvalue weighted by atomic mass is 16.5. The summed E-state index contributed by atoms with van der Waals surface area (Å²) < 4.78 is 5.09. The number of hydrogen-bond acceptors (Lipinski definition) is 4. The van der Waals surface area contributed by atoms with Crippen molar-refractivity contribution in [2.24, 2.45) is 0 Å². The molecule has 0 saturated carbocycles. The molecule has 1 amide bonds. The molecule has 1 aromatic rings. The minimum Gasteiger partial charge on any atom is -0.497 e. The highest BCUT2D eigenvalue weighted by molar-refractivity contribution is 6.06. The molecular formula is C19H27N3O2. The summed E-state index contributed by atoms with van der Waals surface area (Å²) in [6, 6.07) is 9.03. The zero-order chi connectivity index (χ0) is 17.8. The van der Waals surface area contributed by atoms with E-state index in [9.17, 15) is 10.1 Å². The molecule has 1 aromatic carbocycles. The number of hydrogen-bond donors (Lipinski definition) is 1. The van der Waals surface area contributed by atoms with Crippen LogP contribution in [-0.2, 0) is 4.79 Å². The maximum absolute atomic E-state index is 12.3. The van der Waals surface area contributed by atoms with Crippen molar-refractivity contribution in [2.45, 2.75) is 39.5 Å². The van der Waals surface area contributed by atoms with Gasteiger partial charge in [-0.3, -0.25) is 4.79 Å². The number of anilines is 1. The van der Waals surface area contributed by atoms with Crippen LogP contribution in [-0.4, -0.2) is 31.0 Å². The van der Waals surface area contributed by atoms with Gasteiger partial charge in [-0.15, -0.1) is 0 Å². The lowest BCUT2D eigenvalue weighted by Gasteiger charge is -2.20. The van der Waals surface area contributed by atoms with Gasteiger partial charge in [0.25, 0.3) is 5.91 Å². The number of nitriles is 1. The molecule has 130 valence electrons. The number of unbranched alkanes of at least 4 members (excludes halogenated alkanes) is 2. The normalized spacial score (nSPS) is 10.8. The van der Waals surface area contributed by atoms with Crippen molar-refractivity contribution in [1.29, 1.82) is 5.26 Å². The van der Waals surface area contributed by atoms with Crippen molar-refractivity contribution in [2.75, 3.05) is 25.5 Å². The van der Waals surface area contributed by atoms with Crippen LogP contribution >= 0.6 is 0 Å². The van der Waals surface area contributed by atoms with E-state index in [4.69, 9.17) is 4.74 Å². The lowest BCUT2D eigenvalue weighted by molar-refractivity contribution is -0.112. The topological polar surface area (TPSA) is 65.4 Å². The van der Waals surface area contributed by atoms with E-state index in [0.29, 0.717) is 11.4 Å². The number of rotatable bonds is 10. The summed E-state index contributed by atoms with van der Waals surface area (Å²) >= 11 is 0. The first-order valence-electron chi connectivity index (χ1n) is 8.46. The maximum atomic E-state index is 12.3. The van der Waals surface area contributed by atoms with Gasteiger partial charge in [0.1, 0.15) is 17.4 Å². The first-order chi connectivity index (χ1) is 11.6. The zero-order valence-corrected chi connectivity index (χ0v) is 14.8. The molecule has 5 heteroatoms. The van der Waals surface area contributed by atoms with Crippen LogP contribution in [0.4, 0.5) is 5.69 Å². The average molecular weight is 329 g/mol. The van der Waals surface area contributed by atoms with E-state index in [1.54, 1.807) is 37.6 Å². The van der Waals surface area contributed by atoms with Gasteiger partial charge in [0.2, 0.25) is 0 Å². The number of nitrogens with one attached hydrogen (secondary N) is 1. The Kier molecular flexibility index (Phi) is 9.06. The SMILES string of the molecule is CCCCN(/C=C(/C#N)C(=O)Nc1ccc(OC)cc1)CCCC. The second-order valence-corrected chi connectivity index (χ2v) is 5.58. The molecule has 0 saturated heterocycles. The van der Waals surface area contributed by atoms with E-state index in [-0.39, 0.29) is 11.5 Å². The van der Waals surface area contributed by atoms with Crippen molar-refractivity contribution >= 4 is 11.6 Å². The lowest BCUT2D eigenvalue weighted by Crippen LogP contribution is -2.23. The van der Waals surface area contributed by atoms with Crippen molar-refractivity contribution in [3.8, 4) is 11.8 Å². The molecule has 0 aliphatic carbocycles. The Balaban J connectivity index is 2.79. The second kappa shape index (κ2) is 11.1. The molecule has 0 atom stereocenters. The van der Waals surface area contributed by atoms with Crippen LogP contribution in [0.25, 0.3) is 0 Å². The number of carbonyl (C=O) groups is 1. The fraction of sp³-hybridized carbons (Fsp3) is 0.474. The zero-order valence-electron chi connectivity index (χ0n) is 14.8. The number of methoxy groups -OCH3 is 1. The molecule has 0 radical (unpaired) electrons. The van der Waals surface area contributed by atoms with Crippen molar-refractivity contribution < 1.29 is 9.53 Å². The molecule has 0 aliphatic rings. The Hall–Kier alpha value is -2.48. The second-order valence-electron chi connectivity index (χ2n) is 5.58. The van der Waals surface area contributed by atoms with Gasteiger partial charge in [-0.25, -0.2) is 0 Å². The largest absolute Gasteiger partial charge is 0.497 e. The Morgan fingerprint density at radius 1 is 1.21 bits per heavy atom. The van der Waals surface area contributed by atoms with Crippen LogP contribution in [0, 0.1) is 11.3 Å². The third-order valence-electron chi connectivity index (χ3n) is 3.62. The molecule has 0 spiro atoms. The maximum Gasteiger partial charge on any atom is 0.267 e. The number of nitrogens with zero attached hydrogens (tertiary/aromatic N) is 2. The number of carbonyl (C=O) groups excluding carboxylic acids is 1. The van der Waals surface area contributed by atoms with Crippen LogP contribution in [0.3, 0.4) is 0 Å². The van der Waals surface area contributed by atoms with Gasteiger partial charge in [0, 0.05) is 25.0 Å². The summed E-state index contributed by atoms with van der Waals surface area (Å²) in [4.78, 5) is 14.4. The standard InChI is InChI=1S/C19H27N3O2/c1-4-6-12-22(13-7-5-2)15-16(14-20)19(23)21-17-8-10-18(24-3)11-9-17/h8-11,15H,4-7,12-13H2,1-3H3,(H,21,23)/b16-15-. The Morgan fingerprint density at radius 3 is 2.25 bits per heavy atom. The quantitative estimate of drug-likeness (QED) is 0.521. The molecule has 0 aliphatic heterocycles. The van der Waals surface area contributed by atoms with Crippen LogP contribution in [0.1, 0.15) is 39.5 Å². The van der Waals surface area contributed by atoms with E-state index in [1.807, 2.05) is 6.07 Å². The number of amides is 1. The molecule has 0 aromatic heterocycles. The van der Waals surface area contributed by atoms with E-state index < -0.39 is 0 Å². The van der Waals surface area contributed by atoms with E-state index in [0.717, 1.165) is 38.8 Å². The molecular weight excluding hydrogens is 302 g/mol. The third kappa shape index (κ3) is 6.74. The summed E-state index contributed by atoms with van der Waals surface area (Å²) in [5.41, 5.74) is 0.758. The predicted molar refractivity (Wildman–Crippen MR) is 96.7 cm³/mol. The predicted octanol–water partition coefficient (Wildman–Crippen LogP) is 3.94. The van der Waals surface area contributed by atoms with Crippen molar-refractivity contribution in [3.05, 3.63) is 36.0 Å². The van der Waals surface area contributed by atoms with Crippen molar-refractivity contribution in [3.63, 3.8) is 0 Å². The van der Waals surface area contributed by atoms with E-state index >= 15 is 0 Å². The van der Waals surface area contributed by atoms with Gasteiger partial charge >= 0.3 is 0 Å². The molecule has 5 nitrogen and oxygen atoms in total. The molecule has 0 fully saturated rings. The minimum absolute atomic E-state index is 0.123. The fourth-order valence-corrected chi connectivity index (χ4v) is 2.16. The summed E-state index contributed by atoms with van der Waals surface area (Å²) in [7, 11) is 1.59. The van der Waals surface area contributed by atoms with Crippen molar-refractivity contribution in [1.82, 2.24) is 4.90 Å². The number of ether oxygens (including phenoxy) is 1. The average Bonchev–Trinajstić information content (AvgIpc) is 2.61.